The van der Waals surface area contributed by atoms with E-state index in [2.05, 4.69) is 31.2 Å². The average Bonchev–Trinajstić information content (AvgIpc) is 2.94. The van der Waals surface area contributed by atoms with Gasteiger partial charge in [-0.15, -0.1) is 11.3 Å². The van der Waals surface area contributed by atoms with E-state index in [-0.39, 0.29) is 0 Å². The largest absolute Gasteiger partial charge is 0.324 e. The van der Waals surface area contributed by atoms with E-state index >= 15 is 0 Å². The lowest BCUT2D eigenvalue weighted by Crippen LogP contribution is -1.98. The SMILES string of the molecule is CS(=O)c1cccc(Nc2nccc(-c3ccc(Br)s3)n2)c1. The van der Waals surface area contributed by atoms with Crippen LogP contribution in [0.5, 0.6) is 0 Å². The Balaban J connectivity index is 1.87. The van der Waals surface area contributed by atoms with Crippen LogP contribution < -0.4 is 5.32 Å². The summed E-state index contributed by atoms with van der Waals surface area (Å²) in [5.74, 6) is 0.515. The first-order valence-electron chi connectivity index (χ1n) is 6.41. The maximum atomic E-state index is 11.5. The number of benzene rings is 1. The van der Waals surface area contributed by atoms with Gasteiger partial charge in [-0.3, -0.25) is 4.21 Å². The Morgan fingerprint density at radius 1 is 1.23 bits per heavy atom. The number of thiophene rings is 1. The summed E-state index contributed by atoms with van der Waals surface area (Å²) in [7, 11) is -1.01. The van der Waals surface area contributed by atoms with Crippen LogP contribution in [-0.4, -0.2) is 20.4 Å². The van der Waals surface area contributed by atoms with Gasteiger partial charge in [-0.05, 0) is 52.3 Å². The predicted octanol–water partition coefficient (Wildman–Crippen LogP) is 4.45. The molecule has 0 saturated heterocycles. The number of rotatable bonds is 4. The van der Waals surface area contributed by atoms with E-state index in [9.17, 15) is 4.21 Å². The van der Waals surface area contributed by atoms with E-state index in [1.165, 1.54) is 0 Å². The first-order valence-corrected chi connectivity index (χ1v) is 9.58. The van der Waals surface area contributed by atoms with Crippen LogP contribution in [0.1, 0.15) is 0 Å². The van der Waals surface area contributed by atoms with Gasteiger partial charge < -0.3 is 5.32 Å². The summed E-state index contributed by atoms with van der Waals surface area (Å²) in [6.07, 6.45) is 3.38. The highest BCUT2D eigenvalue weighted by Crippen LogP contribution is 2.30. The van der Waals surface area contributed by atoms with Crippen molar-refractivity contribution >= 4 is 49.7 Å². The van der Waals surface area contributed by atoms with Crippen molar-refractivity contribution in [3.8, 4) is 10.6 Å². The van der Waals surface area contributed by atoms with Crippen molar-refractivity contribution in [2.45, 2.75) is 4.90 Å². The van der Waals surface area contributed by atoms with Gasteiger partial charge in [0.1, 0.15) is 0 Å². The molecule has 1 aromatic carbocycles. The molecule has 22 heavy (non-hydrogen) atoms. The molecule has 1 unspecified atom stereocenters. The number of nitrogens with one attached hydrogen (secondary N) is 1. The van der Waals surface area contributed by atoms with Crippen molar-refractivity contribution in [2.24, 2.45) is 0 Å². The van der Waals surface area contributed by atoms with Gasteiger partial charge in [0.15, 0.2) is 0 Å². The van der Waals surface area contributed by atoms with Crippen molar-refractivity contribution in [1.82, 2.24) is 9.97 Å². The van der Waals surface area contributed by atoms with Gasteiger partial charge in [-0.25, -0.2) is 9.97 Å². The zero-order valence-electron chi connectivity index (χ0n) is 11.6. The summed E-state index contributed by atoms with van der Waals surface area (Å²) in [4.78, 5) is 10.6. The standard InChI is InChI=1S/C15H12BrN3OS2/c1-22(20)11-4-2-3-10(9-11)18-15-17-8-7-12(19-15)13-5-6-14(16)21-13/h2-9H,1H3,(H,17,18,19). The second-order valence-electron chi connectivity index (χ2n) is 4.48. The maximum absolute atomic E-state index is 11.5. The Morgan fingerprint density at radius 3 is 2.82 bits per heavy atom. The number of anilines is 2. The summed E-state index contributed by atoms with van der Waals surface area (Å²) in [6.45, 7) is 0. The smallest absolute Gasteiger partial charge is 0.227 e. The molecule has 0 amide bonds. The van der Waals surface area contributed by atoms with E-state index in [0.29, 0.717) is 5.95 Å². The van der Waals surface area contributed by atoms with Crippen LogP contribution in [0.25, 0.3) is 10.6 Å². The fourth-order valence-corrected chi connectivity index (χ4v) is 3.81. The first kappa shape index (κ1) is 15.3. The molecule has 2 aromatic heterocycles. The van der Waals surface area contributed by atoms with Gasteiger partial charge in [-0.2, -0.15) is 0 Å². The Hall–Kier alpha value is -1.57. The van der Waals surface area contributed by atoms with Crippen molar-refractivity contribution in [3.05, 3.63) is 52.4 Å². The van der Waals surface area contributed by atoms with Crippen molar-refractivity contribution in [2.75, 3.05) is 11.6 Å². The number of hydrogen-bond acceptors (Lipinski definition) is 5. The number of hydrogen-bond donors (Lipinski definition) is 1. The molecule has 3 aromatic rings. The molecule has 7 heteroatoms. The van der Waals surface area contributed by atoms with Crippen LogP contribution in [0.4, 0.5) is 11.6 Å². The third kappa shape index (κ3) is 3.60. The van der Waals surface area contributed by atoms with Crippen molar-refractivity contribution < 1.29 is 4.21 Å². The lowest BCUT2D eigenvalue weighted by atomic mass is 10.3. The topological polar surface area (TPSA) is 54.9 Å². The van der Waals surface area contributed by atoms with Gasteiger partial charge in [-0.1, -0.05) is 6.07 Å². The highest BCUT2D eigenvalue weighted by Gasteiger charge is 2.06. The van der Waals surface area contributed by atoms with Gasteiger partial charge in [0.25, 0.3) is 0 Å². The van der Waals surface area contributed by atoms with Gasteiger partial charge >= 0.3 is 0 Å². The molecule has 0 aliphatic heterocycles. The van der Waals surface area contributed by atoms with E-state index in [1.54, 1.807) is 23.8 Å². The van der Waals surface area contributed by atoms with Crippen LogP contribution in [0, 0.1) is 0 Å². The Labute approximate surface area is 143 Å². The molecule has 0 fully saturated rings. The summed E-state index contributed by atoms with van der Waals surface area (Å²) in [5.41, 5.74) is 1.68. The number of aromatic nitrogens is 2. The Morgan fingerprint density at radius 2 is 2.09 bits per heavy atom. The van der Waals surface area contributed by atoms with Crippen molar-refractivity contribution in [1.29, 1.82) is 0 Å². The van der Waals surface area contributed by atoms with Crippen LogP contribution in [0.2, 0.25) is 0 Å². The van der Waals surface area contributed by atoms with E-state index < -0.39 is 10.8 Å². The molecule has 1 atom stereocenters. The molecule has 0 aliphatic rings. The molecule has 0 spiro atoms. The molecule has 1 N–H and O–H groups in total. The Kier molecular flexibility index (Phi) is 4.66. The second kappa shape index (κ2) is 6.68. The third-order valence-electron chi connectivity index (χ3n) is 2.90. The minimum absolute atomic E-state index is 0.515. The zero-order chi connectivity index (χ0) is 15.5. The predicted molar refractivity (Wildman–Crippen MR) is 95.1 cm³/mol. The summed E-state index contributed by atoms with van der Waals surface area (Å²) in [6, 6.07) is 13.3. The maximum Gasteiger partial charge on any atom is 0.227 e. The Bertz CT molecular complexity index is 835. The van der Waals surface area contributed by atoms with E-state index in [1.807, 2.05) is 42.5 Å². The molecule has 0 aliphatic carbocycles. The van der Waals surface area contributed by atoms with Gasteiger partial charge in [0, 0.05) is 33.8 Å². The molecule has 112 valence electrons. The monoisotopic (exact) mass is 393 g/mol. The van der Waals surface area contributed by atoms with Crippen LogP contribution in [0.15, 0.2) is 57.3 Å². The zero-order valence-corrected chi connectivity index (χ0v) is 14.8. The third-order valence-corrected chi connectivity index (χ3v) is 5.47. The lowest BCUT2D eigenvalue weighted by Gasteiger charge is -2.07. The highest BCUT2D eigenvalue weighted by molar-refractivity contribution is 9.11. The van der Waals surface area contributed by atoms with Gasteiger partial charge in [0.05, 0.1) is 14.4 Å². The quantitative estimate of drug-likeness (QED) is 0.711. The summed E-state index contributed by atoms with van der Waals surface area (Å²) < 4.78 is 12.6. The van der Waals surface area contributed by atoms with Crippen LogP contribution in [0.3, 0.4) is 0 Å². The number of nitrogens with zero attached hydrogens (tertiary/aromatic N) is 2. The van der Waals surface area contributed by atoms with Crippen molar-refractivity contribution in [3.63, 3.8) is 0 Å². The minimum Gasteiger partial charge on any atom is -0.324 e. The summed E-state index contributed by atoms with van der Waals surface area (Å²) in [5, 5.41) is 3.15. The van der Waals surface area contributed by atoms with Gasteiger partial charge in [0.2, 0.25) is 5.95 Å². The minimum atomic E-state index is -1.01. The van der Waals surface area contributed by atoms with E-state index in [4.69, 9.17) is 0 Å². The van der Waals surface area contributed by atoms with Crippen LogP contribution in [-0.2, 0) is 10.8 Å². The van der Waals surface area contributed by atoms with Crippen LogP contribution >= 0.6 is 27.3 Å². The summed E-state index contributed by atoms with van der Waals surface area (Å²) >= 11 is 5.07. The molecular weight excluding hydrogens is 382 g/mol. The lowest BCUT2D eigenvalue weighted by molar-refractivity contribution is 0.687. The normalized spacial score (nSPS) is 12.1. The molecule has 0 bridgehead atoms. The molecular formula is C15H12BrN3OS2. The highest BCUT2D eigenvalue weighted by atomic mass is 79.9. The molecule has 0 radical (unpaired) electrons. The fraction of sp³-hybridized carbons (Fsp3) is 0.0667. The number of halogens is 1. The molecule has 2 heterocycles. The fourth-order valence-electron chi connectivity index (χ4n) is 1.89. The second-order valence-corrected chi connectivity index (χ2v) is 8.32. The molecule has 3 rings (SSSR count). The first-order chi connectivity index (χ1) is 10.6. The average molecular weight is 394 g/mol. The van der Waals surface area contributed by atoms with E-state index in [0.717, 1.165) is 24.9 Å². The molecule has 4 nitrogen and oxygen atoms in total. The molecule has 0 saturated carbocycles.